The van der Waals surface area contributed by atoms with Crippen molar-refractivity contribution in [3.05, 3.63) is 35.4 Å². The third-order valence-corrected chi connectivity index (χ3v) is 2.93. The molecule has 20 heavy (non-hydrogen) atoms. The number of benzene rings is 1. The minimum Gasteiger partial charge on any atom is -0.481 e. The van der Waals surface area contributed by atoms with Crippen LogP contribution in [-0.2, 0) is 17.8 Å². The zero-order valence-corrected chi connectivity index (χ0v) is 11.8. The molecule has 1 aromatic carbocycles. The number of rotatable bonds is 7. The summed E-state index contributed by atoms with van der Waals surface area (Å²) in [5.41, 5.74) is 1.54. The Balaban J connectivity index is 2.56. The first-order valence-corrected chi connectivity index (χ1v) is 6.46. The number of carboxylic acid groups (broad SMARTS) is 1. The molecule has 0 spiro atoms. The normalized spacial score (nSPS) is 10.1. The van der Waals surface area contributed by atoms with Crippen molar-refractivity contribution in [2.45, 2.75) is 13.0 Å². The van der Waals surface area contributed by atoms with Crippen LogP contribution in [0.5, 0.6) is 0 Å². The van der Waals surface area contributed by atoms with Crippen LogP contribution in [0.25, 0.3) is 0 Å². The quantitative estimate of drug-likeness (QED) is 0.685. The fourth-order valence-corrected chi connectivity index (χ4v) is 1.75. The van der Waals surface area contributed by atoms with Crippen molar-refractivity contribution in [3.8, 4) is 0 Å². The van der Waals surface area contributed by atoms with Gasteiger partial charge in [0, 0.05) is 26.7 Å². The maximum atomic E-state index is 11.8. The zero-order chi connectivity index (χ0) is 15.0. The Hall–Kier alpha value is -2.08. The Labute approximate surface area is 118 Å². The zero-order valence-electron chi connectivity index (χ0n) is 11.8. The van der Waals surface area contributed by atoms with Gasteiger partial charge in [-0.15, -0.1) is 0 Å². The number of carboxylic acids is 1. The van der Waals surface area contributed by atoms with Crippen molar-refractivity contribution >= 4 is 12.0 Å². The largest absolute Gasteiger partial charge is 0.481 e. The van der Waals surface area contributed by atoms with E-state index in [4.69, 9.17) is 5.11 Å². The highest BCUT2D eigenvalue weighted by Gasteiger charge is 2.10. The van der Waals surface area contributed by atoms with E-state index in [-0.39, 0.29) is 12.5 Å². The van der Waals surface area contributed by atoms with Gasteiger partial charge >= 0.3 is 12.0 Å². The summed E-state index contributed by atoms with van der Waals surface area (Å²) >= 11 is 0. The number of carbonyl (C=O) groups excluding carboxylic acids is 1. The second-order valence-corrected chi connectivity index (χ2v) is 4.52. The Morgan fingerprint density at radius 3 is 2.50 bits per heavy atom. The summed E-state index contributed by atoms with van der Waals surface area (Å²) in [4.78, 5) is 24.2. The average molecular weight is 279 g/mol. The lowest BCUT2D eigenvalue weighted by Crippen LogP contribution is -2.40. The molecule has 0 heterocycles. The van der Waals surface area contributed by atoms with Gasteiger partial charge in [-0.1, -0.05) is 24.3 Å². The highest BCUT2D eigenvalue weighted by Crippen LogP contribution is 2.09. The molecular formula is C14H21N3O3. The minimum absolute atomic E-state index is 0.0400. The van der Waals surface area contributed by atoms with Crippen LogP contribution < -0.4 is 10.6 Å². The second kappa shape index (κ2) is 8.16. The molecule has 1 aromatic rings. The van der Waals surface area contributed by atoms with Gasteiger partial charge < -0.3 is 20.6 Å². The van der Waals surface area contributed by atoms with E-state index >= 15 is 0 Å². The summed E-state index contributed by atoms with van der Waals surface area (Å²) in [5.74, 6) is -0.880. The van der Waals surface area contributed by atoms with E-state index < -0.39 is 5.97 Å². The molecule has 1 rings (SSSR count). The van der Waals surface area contributed by atoms with Crippen LogP contribution >= 0.6 is 0 Å². The fourth-order valence-electron chi connectivity index (χ4n) is 1.75. The van der Waals surface area contributed by atoms with Crippen molar-refractivity contribution < 1.29 is 14.7 Å². The van der Waals surface area contributed by atoms with Crippen LogP contribution in [0.15, 0.2) is 24.3 Å². The maximum Gasteiger partial charge on any atom is 0.317 e. The van der Waals surface area contributed by atoms with Crippen LogP contribution in [0.3, 0.4) is 0 Å². The molecule has 0 aliphatic rings. The number of aliphatic carboxylic acids is 1. The van der Waals surface area contributed by atoms with Gasteiger partial charge in [-0.25, -0.2) is 4.79 Å². The molecule has 6 nitrogen and oxygen atoms in total. The first kappa shape index (κ1) is 16.0. The number of hydrogen-bond donors (Lipinski definition) is 3. The Bertz CT molecular complexity index is 463. The molecule has 0 aliphatic heterocycles. The molecule has 0 unspecified atom stereocenters. The summed E-state index contributed by atoms with van der Waals surface area (Å²) in [6, 6.07) is 7.04. The van der Waals surface area contributed by atoms with E-state index in [1.807, 2.05) is 19.2 Å². The number of hydrogen-bond acceptors (Lipinski definition) is 3. The average Bonchev–Trinajstić information content (AvgIpc) is 2.42. The van der Waals surface area contributed by atoms with Crippen LogP contribution in [0, 0.1) is 0 Å². The highest BCUT2D eigenvalue weighted by atomic mass is 16.4. The Kier molecular flexibility index (Phi) is 6.52. The van der Waals surface area contributed by atoms with Crippen molar-refractivity contribution in [1.82, 2.24) is 15.5 Å². The van der Waals surface area contributed by atoms with Gasteiger partial charge in [-0.2, -0.15) is 0 Å². The van der Waals surface area contributed by atoms with Gasteiger partial charge in [0.15, 0.2) is 0 Å². The van der Waals surface area contributed by atoms with Gasteiger partial charge in [0.1, 0.15) is 0 Å². The maximum absolute atomic E-state index is 11.8. The van der Waals surface area contributed by atoms with Gasteiger partial charge in [-0.3, -0.25) is 4.79 Å². The molecule has 3 N–H and O–H groups in total. The summed E-state index contributed by atoms with van der Waals surface area (Å²) in [7, 11) is 3.55. The van der Waals surface area contributed by atoms with Gasteiger partial charge in [0.25, 0.3) is 0 Å². The van der Waals surface area contributed by atoms with Gasteiger partial charge in [0.2, 0.25) is 0 Å². The molecule has 2 amide bonds. The molecule has 0 atom stereocenters. The predicted molar refractivity (Wildman–Crippen MR) is 76.6 cm³/mol. The Morgan fingerprint density at radius 2 is 1.90 bits per heavy atom. The molecule has 0 saturated heterocycles. The lowest BCUT2D eigenvalue weighted by molar-refractivity contribution is -0.136. The van der Waals surface area contributed by atoms with E-state index in [0.29, 0.717) is 13.1 Å². The number of likely N-dealkylation sites (N-methyl/N-ethyl adjacent to an activating group) is 2. The molecule has 0 aliphatic carbocycles. The molecular weight excluding hydrogens is 258 g/mol. The van der Waals surface area contributed by atoms with Crippen molar-refractivity contribution in [3.63, 3.8) is 0 Å². The smallest absolute Gasteiger partial charge is 0.317 e. The van der Waals surface area contributed by atoms with Crippen LogP contribution in [-0.4, -0.2) is 49.2 Å². The lowest BCUT2D eigenvalue weighted by atomic mass is 10.0. The Morgan fingerprint density at radius 1 is 1.25 bits per heavy atom. The number of urea groups is 1. The first-order chi connectivity index (χ1) is 9.54. The summed E-state index contributed by atoms with van der Waals surface area (Å²) < 4.78 is 0. The molecule has 0 aromatic heterocycles. The topological polar surface area (TPSA) is 81.7 Å². The third kappa shape index (κ3) is 5.27. The first-order valence-electron chi connectivity index (χ1n) is 6.46. The summed E-state index contributed by atoms with van der Waals surface area (Å²) in [5, 5.41) is 14.6. The minimum atomic E-state index is -0.880. The third-order valence-electron chi connectivity index (χ3n) is 2.93. The van der Waals surface area contributed by atoms with E-state index in [1.165, 1.54) is 0 Å². The van der Waals surface area contributed by atoms with Crippen LogP contribution in [0.1, 0.15) is 11.1 Å². The van der Waals surface area contributed by atoms with E-state index in [1.54, 1.807) is 24.1 Å². The second-order valence-electron chi connectivity index (χ2n) is 4.52. The summed E-state index contributed by atoms with van der Waals surface area (Å²) in [6.07, 6.45) is -0.0400. The monoisotopic (exact) mass is 279 g/mol. The van der Waals surface area contributed by atoms with E-state index in [0.717, 1.165) is 17.7 Å². The fraction of sp³-hybridized carbons (Fsp3) is 0.429. The molecule has 0 saturated carbocycles. The van der Waals surface area contributed by atoms with Crippen LogP contribution in [0.2, 0.25) is 0 Å². The SMILES string of the molecule is CNCCN(C)C(=O)NCc1ccccc1CC(=O)O. The van der Waals surface area contributed by atoms with Crippen molar-refractivity contribution in [2.75, 3.05) is 27.2 Å². The predicted octanol–water partition coefficient (Wildman–Crippen LogP) is 0.675. The van der Waals surface area contributed by atoms with Crippen LogP contribution in [0.4, 0.5) is 4.79 Å². The number of carbonyl (C=O) groups is 2. The number of nitrogens with zero attached hydrogens (tertiary/aromatic N) is 1. The van der Waals surface area contributed by atoms with Crippen molar-refractivity contribution in [1.29, 1.82) is 0 Å². The van der Waals surface area contributed by atoms with E-state index in [2.05, 4.69) is 10.6 Å². The summed E-state index contributed by atoms with van der Waals surface area (Å²) in [6.45, 7) is 1.66. The van der Waals surface area contributed by atoms with Crippen molar-refractivity contribution in [2.24, 2.45) is 0 Å². The van der Waals surface area contributed by atoms with E-state index in [9.17, 15) is 9.59 Å². The van der Waals surface area contributed by atoms with Gasteiger partial charge in [-0.05, 0) is 18.2 Å². The lowest BCUT2D eigenvalue weighted by Gasteiger charge is -2.18. The number of amides is 2. The molecule has 0 fully saturated rings. The molecule has 0 bridgehead atoms. The molecule has 0 radical (unpaired) electrons. The highest BCUT2D eigenvalue weighted by molar-refractivity contribution is 5.74. The van der Waals surface area contributed by atoms with Gasteiger partial charge in [0.05, 0.1) is 6.42 Å². The number of nitrogens with one attached hydrogen (secondary N) is 2. The standard InChI is InChI=1S/C14H21N3O3/c1-15-7-8-17(2)14(20)16-10-12-6-4-3-5-11(12)9-13(18)19/h3-6,15H,7-10H2,1-2H3,(H,16,20)(H,18,19). The molecule has 110 valence electrons. The molecule has 6 heteroatoms.